The molecule has 38 heavy (non-hydrogen) atoms. The monoisotopic (exact) mass is 530 g/mol. The molecule has 3 N–H and O–H groups in total. The minimum atomic E-state index is -1.76. The standard InChI is InChI=1S/C25H19F5N6O2/c1-2-18(37)34-11-3-4-12(7-11)36-25-19(24(31)32-10-33-25)22(35-36)14-6-5-13(8-15(14)26)38-23-20(29)16(27)9-17(28)21(23)30/h2,5-6,8-12H,1,3-4,7H2,(H,34,37)(H2,31,32,33)/t11-,12+/m0/s1. The lowest BCUT2D eigenvalue weighted by molar-refractivity contribution is -0.117. The van der Waals surface area contributed by atoms with Crippen molar-refractivity contribution < 1.29 is 31.5 Å². The fourth-order valence-electron chi connectivity index (χ4n) is 4.52. The van der Waals surface area contributed by atoms with Crippen molar-refractivity contribution in [1.29, 1.82) is 0 Å². The van der Waals surface area contributed by atoms with Gasteiger partial charge >= 0.3 is 0 Å². The summed E-state index contributed by atoms with van der Waals surface area (Å²) >= 11 is 0. The Morgan fingerprint density at radius 3 is 2.50 bits per heavy atom. The number of hydrogen-bond donors (Lipinski definition) is 2. The predicted molar refractivity (Wildman–Crippen MR) is 126 cm³/mol. The molecule has 2 heterocycles. The van der Waals surface area contributed by atoms with Gasteiger partial charge in [0, 0.05) is 23.7 Å². The van der Waals surface area contributed by atoms with Crippen molar-refractivity contribution in [2.24, 2.45) is 0 Å². The van der Waals surface area contributed by atoms with Gasteiger partial charge in [0.2, 0.25) is 23.3 Å². The first-order chi connectivity index (χ1) is 18.2. The van der Waals surface area contributed by atoms with E-state index in [2.05, 4.69) is 27.0 Å². The largest absolute Gasteiger partial charge is 0.451 e. The van der Waals surface area contributed by atoms with Crippen LogP contribution in [0.5, 0.6) is 11.5 Å². The Morgan fingerprint density at radius 2 is 1.82 bits per heavy atom. The van der Waals surface area contributed by atoms with E-state index in [1.54, 1.807) is 4.68 Å². The van der Waals surface area contributed by atoms with Crippen LogP contribution >= 0.6 is 0 Å². The number of fused-ring (bicyclic) bond motifs is 1. The third-order valence-electron chi connectivity index (χ3n) is 6.29. The molecule has 0 bridgehead atoms. The van der Waals surface area contributed by atoms with Crippen molar-refractivity contribution in [2.45, 2.75) is 31.3 Å². The highest BCUT2D eigenvalue weighted by atomic mass is 19.2. The number of nitrogen functional groups attached to an aromatic ring is 1. The number of rotatable bonds is 6. The fraction of sp³-hybridized carbons (Fsp3) is 0.200. The molecule has 0 unspecified atom stereocenters. The third kappa shape index (κ3) is 4.40. The van der Waals surface area contributed by atoms with Crippen molar-refractivity contribution in [3.63, 3.8) is 0 Å². The molecule has 2 aromatic heterocycles. The first kappa shape index (κ1) is 25.1. The van der Waals surface area contributed by atoms with Gasteiger partial charge in [-0.2, -0.15) is 13.9 Å². The molecule has 1 aliphatic carbocycles. The summed E-state index contributed by atoms with van der Waals surface area (Å²) in [4.78, 5) is 19.9. The fourth-order valence-corrected chi connectivity index (χ4v) is 4.52. The molecule has 4 aromatic rings. The summed E-state index contributed by atoms with van der Waals surface area (Å²) in [5.74, 6) is -9.78. The zero-order chi connectivity index (χ0) is 27.1. The Bertz CT molecular complexity index is 1560. The van der Waals surface area contributed by atoms with Gasteiger partial charge < -0.3 is 15.8 Å². The SMILES string of the molecule is C=CC(=O)N[C@H]1CC[C@@H](n2nc(-c3ccc(Oc4c(F)c(F)cc(F)c4F)cc3F)c3c(N)ncnc32)C1. The summed E-state index contributed by atoms with van der Waals surface area (Å²) in [5.41, 5.74) is 6.50. The van der Waals surface area contributed by atoms with Crippen LogP contribution in [-0.2, 0) is 4.79 Å². The van der Waals surface area contributed by atoms with Crippen molar-refractivity contribution in [2.75, 3.05) is 5.73 Å². The number of anilines is 1. The molecule has 13 heteroatoms. The normalized spacial score (nSPS) is 17.1. The Labute approximate surface area is 211 Å². The van der Waals surface area contributed by atoms with Crippen LogP contribution in [-0.4, -0.2) is 31.7 Å². The number of nitrogens with zero attached hydrogens (tertiary/aromatic N) is 4. The third-order valence-corrected chi connectivity index (χ3v) is 6.29. The van der Waals surface area contributed by atoms with E-state index in [0.29, 0.717) is 24.9 Å². The number of halogens is 5. The molecule has 1 aliphatic rings. The van der Waals surface area contributed by atoms with E-state index in [1.165, 1.54) is 18.5 Å². The molecule has 2 aromatic carbocycles. The minimum Gasteiger partial charge on any atom is -0.451 e. The van der Waals surface area contributed by atoms with Gasteiger partial charge in [-0.05, 0) is 37.5 Å². The first-order valence-corrected chi connectivity index (χ1v) is 11.4. The molecule has 1 fully saturated rings. The van der Waals surface area contributed by atoms with Crippen LogP contribution in [0.2, 0.25) is 0 Å². The Hall–Kier alpha value is -4.55. The van der Waals surface area contributed by atoms with E-state index in [4.69, 9.17) is 10.5 Å². The van der Waals surface area contributed by atoms with Crippen molar-refractivity contribution in [1.82, 2.24) is 25.1 Å². The molecule has 5 rings (SSSR count). The van der Waals surface area contributed by atoms with Crippen LogP contribution in [0.25, 0.3) is 22.3 Å². The molecular formula is C25H19F5N6O2. The molecule has 1 saturated carbocycles. The molecule has 2 atom stereocenters. The number of carbonyl (C=O) groups excluding carboxylic acids is 1. The Kier molecular flexibility index (Phi) is 6.43. The van der Waals surface area contributed by atoms with Crippen LogP contribution in [0, 0.1) is 29.1 Å². The second-order valence-electron chi connectivity index (χ2n) is 8.67. The van der Waals surface area contributed by atoms with E-state index in [0.717, 1.165) is 12.1 Å². The molecular weight excluding hydrogens is 511 g/mol. The zero-order valence-electron chi connectivity index (χ0n) is 19.5. The Morgan fingerprint density at radius 1 is 1.08 bits per heavy atom. The number of nitrogens with one attached hydrogen (secondary N) is 1. The zero-order valence-corrected chi connectivity index (χ0v) is 19.5. The van der Waals surface area contributed by atoms with Crippen LogP contribution in [0.1, 0.15) is 25.3 Å². The van der Waals surface area contributed by atoms with Crippen molar-refractivity contribution in [3.05, 3.63) is 72.3 Å². The highest BCUT2D eigenvalue weighted by Crippen LogP contribution is 2.39. The lowest BCUT2D eigenvalue weighted by Gasteiger charge is -2.13. The Balaban J connectivity index is 1.51. The van der Waals surface area contributed by atoms with Gasteiger partial charge in [0.15, 0.2) is 17.3 Å². The van der Waals surface area contributed by atoms with Crippen LogP contribution in [0.4, 0.5) is 27.8 Å². The summed E-state index contributed by atoms with van der Waals surface area (Å²) in [7, 11) is 0. The maximum Gasteiger partial charge on any atom is 0.243 e. The lowest BCUT2D eigenvalue weighted by Crippen LogP contribution is -2.31. The predicted octanol–water partition coefficient (Wildman–Crippen LogP) is 4.96. The van der Waals surface area contributed by atoms with Gasteiger partial charge in [-0.1, -0.05) is 6.58 Å². The van der Waals surface area contributed by atoms with Crippen LogP contribution in [0.15, 0.2) is 43.2 Å². The van der Waals surface area contributed by atoms with Gasteiger partial charge in [-0.25, -0.2) is 27.8 Å². The van der Waals surface area contributed by atoms with Crippen LogP contribution < -0.4 is 15.8 Å². The van der Waals surface area contributed by atoms with E-state index >= 15 is 4.39 Å². The number of amides is 1. The average Bonchev–Trinajstić information content (AvgIpc) is 3.51. The van der Waals surface area contributed by atoms with Gasteiger partial charge in [-0.15, -0.1) is 0 Å². The second kappa shape index (κ2) is 9.72. The summed E-state index contributed by atoms with van der Waals surface area (Å²) in [6.07, 6.45) is 4.30. The summed E-state index contributed by atoms with van der Waals surface area (Å²) < 4.78 is 76.8. The number of benzene rings is 2. The van der Waals surface area contributed by atoms with E-state index in [9.17, 15) is 22.4 Å². The summed E-state index contributed by atoms with van der Waals surface area (Å²) in [5, 5.41) is 7.69. The smallest absolute Gasteiger partial charge is 0.243 e. The number of nitrogens with two attached hydrogens (primary N) is 1. The van der Waals surface area contributed by atoms with E-state index in [1.807, 2.05) is 0 Å². The second-order valence-corrected chi connectivity index (χ2v) is 8.67. The summed E-state index contributed by atoms with van der Waals surface area (Å²) in [6, 6.07) is 2.90. The molecule has 1 amide bonds. The molecule has 8 nitrogen and oxygen atoms in total. The maximum atomic E-state index is 15.3. The molecule has 0 radical (unpaired) electrons. The van der Waals surface area contributed by atoms with Gasteiger partial charge in [-0.3, -0.25) is 4.79 Å². The highest BCUT2D eigenvalue weighted by molar-refractivity contribution is 5.98. The van der Waals surface area contributed by atoms with E-state index < -0.39 is 40.6 Å². The number of aromatic nitrogens is 4. The molecule has 0 saturated heterocycles. The summed E-state index contributed by atoms with van der Waals surface area (Å²) in [6.45, 7) is 3.45. The molecule has 0 aliphatic heterocycles. The van der Waals surface area contributed by atoms with Gasteiger partial charge in [0.25, 0.3) is 0 Å². The number of ether oxygens (including phenoxy) is 1. The van der Waals surface area contributed by atoms with Gasteiger partial charge in [0.1, 0.15) is 29.4 Å². The maximum absolute atomic E-state index is 15.3. The topological polar surface area (TPSA) is 108 Å². The van der Waals surface area contributed by atoms with Crippen molar-refractivity contribution in [3.8, 4) is 22.8 Å². The van der Waals surface area contributed by atoms with Crippen molar-refractivity contribution >= 4 is 22.8 Å². The molecule has 196 valence electrons. The average molecular weight is 530 g/mol. The minimum absolute atomic E-state index is 0.0368. The van der Waals surface area contributed by atoms with Crippen LogP contribution in [0.3, 0.4) is 0 Å². The molecule has 0 spiro atoms. The first-order valence-electron chi connectivity index (χ1n) is 11.4. The quantitative estimate of drug-likeness (QED) is 0.207. The highest BCUT2D eigenvalue weighted by Gasteiger charge is 2.31. The number of carbonyl (C=O) groups is 1. The number of hydrogen-bond acceptors (Lipinski definition) is 6. The van der Waals surface area contributed by atoms with E-state index in [-0.39, 0.29) is 46.5 Å². The lowest BCUT2D eigenvalue weighted by atomic mass is 10.1. The van der Waals surface area contributed by atoms with Gasteiger partial charge in [0.05, 0.1) is 11.4 Å².